The van der Waals surface area contributed by atoms with Crippen molar-refractivity contribution >= 4 is 0 Å². The number of benzene rings is 1. The van der Waals surface area contributed by atoms with Gasteiger partial charge >= 0.3 is 0 Å². The van der Waals surface area contributed by atoms with E-state index >= 15 is 0 Å². The van der Waals surface area contributed by atoms with E-state index in [1.807, 2.05) is 6.07 Å². The molecule has 2 rings (SSSR count). The Labute approximate surface area is 117 Å². The Bertz CT molecular complexity index is 357. The van der Waals surface area contributed by atoms with Crippen molar-refractivity contribution in [3.05, 3.63) is 35.9 Å². The summed E-state index contributed by atoms with van der Waals surface area (Å²) in [6.45, 7) is 8.37. The molecule has 0 atom stereocenters. The first-order valence-corrected chi connectivity index (χ1v) is 7.53. The predicted molar refractivity (Wildman–Crippen MR) is 80.1 cm³/mol. The SMILES string of the molecule is CC(C)CNCC1(COCc2ccccc2)CCC1. The summed E-state index contributed by atoms with van der Waals surface area (Å²) in [6.07, 6.45) is 3.98. The van der Waals surface area contributed by atoms with E-state index < -0.39 is 0 Å². The van der Waals surface area contributed by atoms with Crippen LogP contribution in [0.2, 0.25) is 0 Å². The molecule has 2 nitrogen and oxygen atoms in total. The van der Waals surface area contributed by atoms with E-state index in [9.17, 15) is 0 Å². The average Bonchev–Trinajstić information content (AvgIpc) is 2.36. The van der Waals surface area contributed by atoms with Gasteiger partial charge in [-0.1, -0.05) is 50.6 Å². The monoisotopic (exact) mass is 261 g/mol. The molecule has 1 N–H and O–H groups in total. The van der Waals surface area contributed by atoms with Crippen molar-refractivity contribution in [3.63, 3.8) is 0 Å². The van der Waals surface area contributed by atoms with Gasteiger partial charge in [0, 0.05) is 12.0 Å². The summed E-state index contributed by atoms with van der Waals surface area (Å²) in [5.74, 6) is 0.724. The molecule has 19 heavy (non-hydrogen) atoms. The van der Waals surface area contributed by atoms with Crippen LogP contribution in [0.3, 0.4) is 0 Å². The Balaban J connectivity index is 1.70. The molecule has 1 fully saturated rings. The molecule has 0 aliphatic heterocycles. The second-order valence-corrected chi connectivity index (χ2v) is 6.36. The van der Waals surface area contributed by atoms with Crippen molar-refractivity contribution in [2.75, 3.05) is 19.7 Å². The third-order valence-electron chi connectivity index (χ3n) is 3.99. The number of hydrogen-bond acceptors (Lipinski definition) is 2. The van der Waals surface area contributed by atoms with Crippen molar-refractivity contribution in [1.82, 2.24) is 5.32 Å². The lowest BCUT2D eigenvalue weighted by atomic mass is 9.69. The summed E-state index contributed by atoms with van der Waals surface area (Å²) in [6, 6.07) is 10.5. The zero-order valence-corrected chi connectivity index (χ0v) is 12.3. The molecule has 0 spiro atoms. The Morgan fingerprint density at radius 3 is 2.53 bits per heavy atom. The molecular weight excluding hydrogens is 234 g/mol. The molecule has 1 aliphatic carbocycles. The molecule has 0 unspecified atom stereocenters. The summed E-state index contributed by atoms with van der Waals surface area (Å²) in [7, 11) is 0. The summed E-state index contributed by atoms with van der Waals surface area (Å²) in [5.41, 5.74) is 1.68. The minimum atomic E-state index is 0.406. The van der Waals surface area contributed by atoms with E-state index in [1.54, 1.807) is 0 Å². The molecule has 1 aromatic carbocycles. The molecule has 0 aromatic heterocycles. The van der Waals surface area contributed by atoms with Gasteiger partial charge in [-0.15, -0.1) is 0 Å². The summed E-state index contributed by atoms with van der Waals surface area (Å²) >= 11 is 0. The maximum atomic E-state index is 5.94. The third-order valence-corrected chi connectivity index (χ3v) is 3.99. The molecular formula is C17H27NO. The van der Waals surface area contributed by atoms with Crippen LogP contribution >= 0.6 is 0 Å². The molecule has 0 heterocycles. The normalized spacial score (nSPS) is 17.4. The van der Waals surface area contributed by atoms with Gasteiger partial charge in [0.25, 0.3) is 0 Å². The fraction of sp³-hybridized carbons (Fsp3) is 0.647. The van der Waals surface area contributed by atoms with Gasteiger partial charge in [-0.05, 0) is 30.9 Å². The van der Waals surface area contributed by atoms with Crippen molar-refractivity contribution in [3.8, 4) is 0 Å². The lowest BCUT2D eigenvalue weighted by Gasteiger charge is -2.42. The minimum Gasteiger partial charge on any atom is -0.376 e. The Morgan fingerprint density at radius 2 is 1.95 bits per heavy atom. The van der Waals surface area contributed by atoms with Crippen LogP contribution < -0.4 is 5.32 Å². The summed E-state index contributed by atoms with van der Waals surface area (Å²) < 4.78 is 5.94. The number of hydrogen-bond donors (Lipinski definition) is 1. The van der Waals surface area contributed by atoms with Crippen LogP contribution in [0.25, 0.3) is 0 Å². The van der Waals surface area contributed by atoms with Crippen molar-refractivity contribution in [1.29, 1.82) is 0 Å². The van der Waals surface area contributed by atoms with Gasteiger partial charge in [0.05, 0.1) is 13.2 Å². The first kappa shape index (κ1) is 14.5. The van der Waals surface area contributed by atoms with Crippen LogP contribution in [-0.2, 0) is 11.3 Å². The number of nitrogens with one attached hydrogen (secondary N) is 1. The van der Waals surface area contributed by atoms with Crippen LogP contribution in [0.5, 0.6) is 0 Å². The van der Waals surface area contributed by atoms with Gasteiger partial charge in [-0.25, -0.2) is 0 Å². The van der Waals surface area contributed by atoms with Crippen molar-refractivity contribution in [2.45, 2.75) is 39.7 Å². The number of ether oxygens (including phenoxy) is 1. The third kappa shape index (κ3) is 4.63. The highest BCUT2D eigenvalue weighted by atomic mass is 16.5. The summed E-state index contributed by atoms with van der Waals surface area (Å²) in [4.78, 5) is 0. The molecule has 1 saturated carbocycles. The first-order chi connectivity index (χ1) is 9.20. The van der Waals surface area contributed by atoms with Crippen LogP contribution in [0.4, 0.5) is 0 Å². The lowest BCUT2D eigenvalue weighted by molar-refractivity contribution is -0.0132. The van der Waals surface area contributed by atoms with E-state index in [0.29, 0.717) is 5.41 Å². The van der Waals surface area contributed by atoms with Crippen molar-refractivity contribution < 1.29 is 4.74 Å². The van der Waals surface area contributed by atoms with Gasteiger partial charge in [0.1, 0.15) is 0 Å². The topological polar surface area (TPSA) is 21.3 Å². The highest BCUT2D eigenvalue weighted by molar-refractivity contribution is 5.13. The predicted octanol–water partition coefficient (Wildman–Crippen LogP) is 3.62. The van der Waals surface area contributed by atoms with Crippen LogP contribution in [-0.4, -0.2) is 19.7 Å². The van der Waals surface area contributed by atoms with E-state index in [0.717, 1.165) is 32.2 Å². The van der Waals surface area contributed by atoms with Crippen LogP contribution in [0.1, 0.15) is 38.7 Å². The summed E-state index contributed by atoms with van der Waals surface area (Å²) in [5, 5.41) is 3.60. The zero-order valence-electron chi connectivity index (χ0n) is 12.3. The number of rotatable bonds is 8. The van der Waals surface area contributed by atoms with E-state index in [4.69, 9.17) is 4.74 Å². The fourth-order valence-electron chi connectivity index (χ4n) is 2.63. The van der Waals surface area contributed by atoms with E-state index in [-0.39, 0.29) is 0 Å². The molecule has 1 aliphatic rings. The van der Waals surface area contributed by atoms with E-state index in [1.165, 1.54) is 24.8 Å². The molecule has 0 radical (unpaired) electrons. The molecule has 1 aromatic rings. The second kappa shape index (κ2) is 7.06. The smallest absolute Gasteiger partial charge is 0.0717 e. The fourth-order valence-corrected chi connectivity index (χ4v) is 2.63. The minimum absolute atomic E-state index is 0.406. The molecule has 2 heteroatoms. The maximum absolute atomic E-state index is 5.94. The maximum Gasteiger partial charge on any atom is 0.0717 e. The van der Waals surface area contributed by atoms with Gasteiger partial charge in [-0.2, -0.15) is 0 Å². The molecule has 106 valence electrons. The van der Waals surface area contributed by atoms with Crippen LogP contribution in [0, 0.1) is 11.3 Å². The molecule has 0 bridgehead atoms. The Morgan fingerprint density at radius 1 is 1.21 bits per heavy atom. The standard InChI is InChI=1S/C17H27NO/c1-15(2)11-18-13-17(9-6-10-17)14-19-12-16-7-4-3-5-8-16/h3-5,7-8,15,18H,6,9-14H2,1-2H3. The molecule has 0 saturated heterocycles. The van der Waals surface area contributed by atoms with Crippen LogP contribution in [0.15, 0.2) is 30.3 Å². The lowest BCUT2D eigenvalue weighted by Crippen LogP contribution is -2.44. The van der Waals surface area contributed by atoms with Crippen molar-refractivity contribution in [2.24, 2.45) is 11.3 Å². The van der Waals surface area contributed by atoms with E-state index in [2.05, 4.69) is 43.4 Å². The molecule has 0 amide bonds. The van der Waals surface area contributed by atoms with Gasteiger partial charge in [-0.3, -0.25) is 0 Å². The quantitative estimate of drug-likeness (QED) is 0.771. The Hall–Kier alpha value is -0.860. The second-order valence-electron chi connectivity index (χ2n) is 6.36. The largest absolute Gasteiger partial charge is 0.376 e. The Kier molecular flexibility index (Phi) is 5.41. The first-order valence-electron chi connectivity index (χ1n) is 7.53. The zero-order chi connectivity index (χ0) is 13.6. The average molecular weight is 261 g/mol. The highest BCUT2D eigenvalue weighted by Gasteiger charge is 2.36. The van der Waals surface area contributed by atoms with Gasteiger partial charge < -0.3 is 10.1 Å². The van der Waals surface area contributed by atoms with Gasteiger partial charge in [0.15, 0.2) is 0 Å². The van der Waals surface area contributed by atoms with Gasteiger partial charge in [0.2, 0.25) is 0 Å². The highest BCUT2D eigenvalue weighted by Crippen LogP contribution is 2.40.